The van der Waals surface area contributed by atoms with Crippen molar-refractivity contribution in [3.05, 3.63) is 46.5 Å². The summed E-state index contributed by atoms with van der Waals surface area (Å²) in [6, 6.07) is 5.46. The Kier molecular flexibility index (Phi) is 3.63. The van der Waals surface area contributed by atoms with E-state index in [-0.39, 0.29) is 17.2 Å². The monoisotopic (exact) mass is 381 g/mol. The summed E-state index contributed by atoms with van der Waals surface area (Å²) < 4.78 is 8.67. The fraction of sp³-hybridized carbons (Fsp3) is 0.333. The average molecular weight is 381 g/mol. The van der Waals surface area contributed by atoms with Gasteiger partial charge in [0.05, 0.1) is 19.4 Å². The Hall–Kier alpha value is -3.40. The number of nitrogens with two attached hydrogens (primary N) is 1. The van der Waals surface area contributed by atoms with Crippen LogP contribution in [0, 0.1) is 11.8 Å². The molecule has 5 rings (SSSR count). The fourth-order valence-corrected chi connectivity index (χ4v) is 3.98. The van der Waals surface area contributed by atoms with E-state index in [1.54, 1.807) is 23.7 Å². The van der Waals surface area contributed by atoms with Gasteiger partial charge >= 0.3 is 0 Å². The maximum Gasteiger partial charge on any atom is 0.274 e. The lowest BCUT2D eigenvalue weighted by Crippen LogP contribution is -2.23. The normalized spacial score (nSPS) is 22.8. The van der Waals surface area contributed by atoms with E-state index >= 15 is 0 Å². The number of nitrogens with one attached hydrogen (secondary N) is 2. The Morgan fingerprint density at radius 2 is 2.14 bits per heavy atom. The van der Waals surface area contributed by atoms with Crippen LogP contribution in [0.4, 0.5) is 17.3 Å². The number of hydrogen-bond donors (Lipinski definition) is 3. The molecule has 1 saturated heterocycles. The summed E-state index contributed by atoms with van der Waals surface area (Å²) in [5.41, 5.74) is 6.22. The van der Waals surface area contributed by atoms with E-state index in [2.05, 4.69) is 20.7 Å². The average Bonchev–Trinajstić information content (AvgIpc) is 3.02. The van der Waals surface area contributed by atoms with Crippen molar-refractivity contribution >= 4 is 28.9 Å². The SMILES string of the molecule is CNc1cc(Nc2cccn(C3[C@H]4COC[C@@H]34)c2=O)nc2c(C(N)=O)cnn12. The Morgan fingerprint density at radius 3 is 2.86 bits per heavy atom. The molecule has 3 atom stereocenters. The Morgan fingerprint density at radius 1 is 1.36 bits per heavy atom. The van der Waals surface area contributed by atoms with Crippen LogP contribution in [0.15, 0.2) is 35.4 Å². The fourth-order valence-electron chi connectivity index (χ4n) is 3.98. The van der Waals surface area contributed by atoms with Crippen LogP contribution in [-0.4, -0.2) is 45.3 Å². The maximum absolute atomic E-state index is 13.0. The molecule has 0 spiro atoms. The molecule has 2 aliphatic rings. The van der Waals surface area contributed by atoms with Gasteiger partial charge in [-0.15, -0.1) is 0 Å². The Balaban J connectivity index is 1.53. The molecule has 4 N–H and O–H groups in total. The van der Waals surface area contributed by atoms with Gasteiger partial charge in [0, 0.05) is 37.2 Å². The number of rotatable bonds is 5. The van der Waals surface area contributed by atoms with Crippen LogP contribution in [0.5, 0.6) is 0 Å². The van der Waals surface area contributed by atoms with Gasteiger partial charge in [-0.05, 0) is 12.1 Å². The van der Waals surface area contributed by atoms with Crippen LogP contribution in [0.3, 0.4) is 0 Å². The summed E-state index contributed by atoms with van der Waals surface area (Å²) in [4.78, 5) is 29.0. The number of amides is 1. The molecule has 1 saturated carbocycles. The summed E-state index contributed by atoms with van der Waals surface area (Å²) in [5.74, 6) is 1.23. The quantitative estimate of drug-likeness (QED) is 0.590. The molecule has 10 heteroatoms. The Bertz CT molecular complexity index is 1140. The van der Waals surface area contributed by atoms with Crippen molar-refractivity contribution in [1.82, 2.24) is 19.2 Å². The van der Waals surface area contributed by atoms with Crippen molar-refractivity contribution in [2.24, 2.45) is 17.6 Å². The van der Waals surface area contributed by atoms with Gasteiger partial charge in [0.15, 0.2) is 5.65 Å². The number of primary amides is 1. The highest BCUT2D eigenvalue weighted by Crippen LogP contribution is 2.53. The minimum atomic E-state index is -0.619. The maximum atomic E-state index is 13.0. The van der Waals surface area contributed by atoms with Crippen LogP contribution in [-0.2, 0) is 4.74 Å². The molecular weight excluding hydrogens is 362 g/mol. The van der Waals surface area contributed by atoms with Gasteiger partial charge in [0.1, 0.15) is 22.9 Å². The van der Waals surface area contributed by atoms with E-state index in [4.69, 9.17) is 10.5 Å². The molecule has 144 valence electrons. The number of carbonyl (C=O) groups excluding carboxylic acids is 1. The van der Waals surface area contributed by atoms with Crippen molar-refractivity contribution in [3.8, 4) is 0 Å². The van der Waals surface area contributed by atoms with Gasteiger partial charge in [-0.2, -0.15) is 9.61 Å². The second kappa shape index (κ2) is 6.06. The Labute approximate surface area is 159 Å². The first-order chi connectivity index (χ1) is 13.6. The lowest BCUT2D eigenvalue weighted by atomic mass is 10.3. The standard InChI is InChI=1S/C18H19N7O3/c1-20-14-5-13(23-17-9(16(19)26)6-21-25(14)17)22-12-3-2-4-24(18(12)27)15-10-7-28-8-11(10)15/h2-6,10-11,15,20H,7-8H2,1H3,(H2,19,26)(H,22,23)/t10-,11+,15?. The predicted octanol–water partition coefficient (Wildman–Crippen LogP) is 0.592. The summed E-state index contributed by atoms with van der Waals surface area (Å²) in [6.07, 6.45) is 3.19. The molecule has 4 heterocycles. The third-order valence-electron chi connectivity index (χ3n) is 5.46. The highest BCUT2D eigenvalue weighted by molar-refractivity contribution is 5.98. The first kappa shape index (κ1) is 16.8. The zero-order valence-corrected chi connectivity index (χ0v) is 15.1. The molecule has 0 radical (unpaired) electrons. The lowest BCUT2D eigenvalue weighted by Gasteiger charge is -2.12. The van der Waals surface area contributed by atoms with Crippen molar-refractivity contribution in [3.63, 3.8) is 0 Å². The molecule has 1 unspecified atom stereocenters. The van der Waals surface area contributed by atoms with E-state index in [0.29, 0.717) is 48.0 Å². The van der Waals surface area contributed by atoms with E-state index in [1.165, 1.54) is 10.7 Å². The number of hydrogen-bond acceptors (Lipinski definition) is 7. The number of aromatic nitrogens is 4. The van der Waals surface area contributed by atoms with E-state index in [1.807, 2.05) is 12.3 Å². The minimum absolute atomic E-state index is 0.113. The highest BCUT2D eigenvalue weighted by atomic mass is 16.5. The van der Waals surface area contributed by atoms with Crippen LogP contribution in [0.2, 0.25) is 0 Å². The molecule has 3 aromatic heterocycles. The molecule has 0 aromatic carbocycles. The molecule has 0 bridgehead atoms. The third kappa shape index (κ3) is 2.45. The van der Waals surface area contributed by atoms with Gasteiger partial charge < -0.3 is 25.7 Å². The molecule has 28 heavy (non-hydrogen) atoms. The number of fused-ring (bicyclic) bond motifs is 2. The van der Waals surface area contributed by atoms with E-state index in [9.17, 15) is 9.59 Å². The molecule has 10 nitrogen and oxygen atoms in total. The molecule has 1 aliphatic heterocycles. The molecular formula is C18H19N7O3. The van der Waals surface area contributed by atoms with E-state index in [0.717, 1.165) is 0 Å². The first-order valence-corrected chi connectivity index (χ1v) is 9.00. The second-order valence-electron chi connectivity index (χ2n) is 7.05. The van der Waals surface area contributed by atoms with Crippen LogP contribution in [0.1, 0.15) is 16.4 Å². The number of pyridine rings is 1. The minimum Gasteiger partial charge on any atom is -0.381 e. The van der Waals surface area contributed by atoms with Crippen molar-refractivity contribution < 1.29 is 9.53 Å². The van der Waals surface area contributed by atoms with Crippen molar-refractivity contribution in [1.29, 1.82) is 0 Å². The van der Waals surface area contributed by atoms with E-state index < -0.39 is 5.91 Å². The largest absolute Gasteiger partial charge is 0.381 e. The van der Waals surface area contributed by atoms with Crippen molar-refractivity contribution in [2.75, 3.05) is 30.9 Å². The van der Waals surface area contributed by atoms with Gasteiger partial charge in [0.2, 0.25) is 0 Å². The zero-order valence-electron chi connectivity index (χ0n) is 15.1. The van der Waals surface area contributed by atoms with Crippen molar-refractivity contribution in [2.45, 2.75) is 6.04 Å². The lowest BCUT2D eigenvalue weighted by molar-refractivity contribution is 0.100. The summed E-state index contributed by atoms with van der Waals surface area (Å²) in [6.45, 7) is 1.42. The summed E-state index contributed by atoms with van der Waals surface area (Å²) in [5, 5.41) is 10.2. The number of nitrogens with zero attached hydrogens (tertiary/aromatic N) is 4. The summed E-state index contributed by atoms with van der Waals surface area (Å²) in [7, 11) is 1.73. The number of ether oxygens (including phenoxy) is 1. The predicted molar refractivity (Wildman–Crippen MR) is 102 cm³/mol. The van der Waals surface area contributed by atoms with Crippen LogP contribution < -0.4 is 21.9 Å². The smallest absolute Gasteiger partial charge is 0.274 e. The van der Waals surface area contributed by atoms with Gasteiger partial charge in [-0.3, -0.25) is 9.59 Å². The first-order valence-electron chi connectivity index (χ1n) is 9.00. The third-order valence-corrected chi connectivity index (χ3v) is 5.46. The molecule has 3 aromatic rings. The number of carbonyl (C=O) groups is 1. The number of anilines is 3. The van der Waals surface area contributed by atoms with Gasteiger partial charge in [-0.25, -0.2) is 4.98 Å². The summed E-state index contributed by atoms with van der Waals surface area (Å²) >= 11 is 0. The molecule has 1 amide bonds. The van der Waals surface area contributed by atoms with Crippen LogP contribution >= 0.6 is 0 Å². The van der Waals surface area contributed by atoms with Gasteiger partial charge in [-0.1, -0.05) is 0 Å². The second-order valence-corrected chi connectivity index (χ2v) is 7.05. The van der Waals surface area contributed by atoms with Crippen LogP contribution in [0.25, 0.3) is 5.65 Å². The zero-order chi connectivity index (χ0) is 19.4. The highest BCUT2D eigenvalue weighted by Gasteiger charge is 2.55. The van der Waals surface area contributed by atoms with Gasteiger partial charge in [0.25, 0.3) is 11.5 Å². The topological polar surface area (TPSA) is 129 Å². The molecule has 2 fully saturated rings. The molecule has 1 aliphatic carbocycles.